The van der Waals surface area contributed by atoms with Gasteiger partial charge in [-0.25, -0.2) is 0 Å². The van der Waals surface area contributed by atoms with Crippen LogP contribution < -0.4 is 69.5 Å². The number of hydrogen-bond donors (Lipinski definition) is 4. The van der Waals surface area contributed by atoms with Crippen LogP contribution in [0, 0.1) is 0 Å². The largest absolute Gasteiger partial charge is 1.00 e. The second kappa shape index (κ2) is 14.2. The maximum Gasteiger partial charge on any atom is 1.00 e. The number of hydrogen-bond acceptors (Lipinski definition) is 12. The van der Waals surface area contributed by atoms with Crippen LogP contribution in [0.2, 0.25) is 0 Å². The van der Waals surface area contributed by atoms with Gasteiger partial charge in [0, 0.05) is 13.3 Å². The van der Waals surface area contributed by atoms with Crippen molar-refractivity contribution in [1.82, 2.24) is 5.32 Å². The Balaban J connectivity index is 0.00000392. The summed E-state index contributed by atoms with van der Waals surface area (Å²) < 4.78 is 31.0. The van der Waals surface area contributed by atoms with Crippen LogP contribution in [-0.2, 0) is 28.0 Å². The normalized spacial score (nSPS) is 37.0. The topological polar surface area (TPSA) is 190 Å². The molecule has 2 fully saturated rings. The minimum atomic E-state index is -1.71. The summed E-state index contributed by atoms with van der Waals surface area (Å²) in [5.41, 5.74) is 0. The van der Waals surface area contributed by atoms with E-state index in [1.54, 1.807) is 0 Å². The van der Waals surface area contributed by atoms with Gasteiger partial charge in [0.1, 0.15) is 30.5 Å². The first kappa shape index (κ1) is 30.0. The van der Waals surface area contributed by atoms with E-state index >= 15 is 0 Å². The number of aliphatic carboxylic acids is 1. The van der Waals surface area contributed by atoms with Crippen LogP contribution in [0.5, 0.6) is 0 Å². The average Bonchev–Trinajstić information content (AvgIpc) is 2.59. The fourth-order valence-electron chi connectivity index (χ4n) is 2.96. The van der Waals surface area contributed by atoms with E-state index < -0.39 is 67.4 Å². The Morgan fingerprint density at radius 1 is 1.24 bits per heavy atom. The summed E-state index contributed by atoms with van der Waals surface area (Å²) in [6.45, 7) is 0.549. The van der Waals surface area contributed by atoms with Crippen molar-refractivity contribution in [3.63, 3.8) is 0 Å². The van der Waals surface area contributed by atoms with Crippen LogP contribution in [0.1, 0.15) is 13.3 Å². The van der Waals surface area contributed by atoms with Crippen molar-refractivity contribution in [2.75, 3.05) is 13.2 Å². The van der Waals surface area contributed by atoms with E-state index in [0.717, 1.165) is 0 Å². The van der Waals surface area contributed by atoms with E-state index in [1.165, 1.54) is 6.92 Å². The minimum Gasteiger partial charge on any atom is -0.776 e. The Morgan fingerprint density at radius 2 is 1.90 bits per heavy atom. The van der Waals surface area contributed by atoms with Crippen LogP contribution in [0.15, 0.2) is 0 Å². The first-order chi connectivity index (χ1) is 12.7. The van der Waals surface area contributed by atoms with Crippen LogP contribution in [0.4, 0.5) is 0 Å². The van der Waals surface area contributed by atoms with Crippen LogP contribution >= 0.6 is 12.3 Å². The number of aliphatic hydroxyl groups is 3. The summed E-state index contributed by atoms with van der Waals surface area (Å²) in [6.07, 6.45) is -9.77. The molecule has 0 bridgehead atoms. The van der Waals surface area contributed by atoms with Gasteiger partial charge in [-0.3, -0.25) is 4.79 Å². The van der Waals surface area contributed by atoms with Gasteiger partial charge < -0.3 is 53.5 Å². The molecule has 156 valence electrons. The zero-order valence-electron chi connectivity index (χ0n) is 16.3. The summed E-state index contributed by atoms with van der Waals surface area (Å²) in [5, 5.41) is 43.8. The molecule has 4 N–H and O–H groups in total. The van der Waals surface area contributed by atoms with Gasteiger partial charge in [0.15, 0.2) is 6.29 Å². The van der Waals surface area contributed by atoms with Gasteiger partial charge in [-0.2, -0.15) is 0 Å². The predicted octanol–water partition coefficient (Wildman–Crippen LogP) is -9.97. The number of carboxylic acid groups (broad SMARTS) is 1. The third-order valence-electron chi connectivity index (χ3n) is 4.21. The van der Waals surface area contributed by atoms with Gasteiger partial charge in [0.05, 0.1) is 31.4 Å². The predicted molar refractivity (Wildman–Crippen MR) is 82.8 cm³/mol. The standard InChI is InChI=1S/C14H23NO11S.2Na/c1-5(16)15-9-7(17)2-6(3-24-27-22)25-14(9)26-11-10(19)8(18)4-23-12(11)13(20)21;;/h6-12,14,17-19,22H,2-4H2,1H3,(H,15,16)(H,20,21);;/q;2*+1/p-2. The molecule has 2 rings (SSSR count). The van der Waals surface area contributed by atoms with E-state index in [1.807, 2.05) is 0 Å². The van der Waals surface area contributed by atoms with Gasteiger partial charge in [0.2, 0.25) is 5.91 Å². The number of aliphatic hydroxyl groups excluding tert-OH is 3. The Bertz CT molecular complexity index is 534. The molecule has 0 aromatic rings. The van der Waals surface area contributed by atoms with E-state index in [2.05, 4.69) is 9.50 Å². The summed E-state index contributed by atoms with van der Waals surface area (Å²) in [5.74, 6) is -2.20. The molecule has 0 radical (unpaired) electrons. The van der Waals surface area contributed by atoms with Crippen molar-refractivity contribution in [2.45, 2.75) is 62.3 Å². The van der Waals surface area contributed by atoms with Gasteiger partial charge >= 0.3 is 59.1 Å². The minimum absolute atomic E-state index is 0. The smallest absolute Gasteiger partial charge is 0.776 e. The number of ether oxygens (including phenoxy) is 3. The summed E-state index contributed by atoms with van der Waals surface area (Å²) in [7, 11) is 0. The first-order valence-electron chi connectivity index (χ1n) is 8.10. The Labute approximate surface area is 215 Å². The quantitative estimate of drug-likeness (QED) is 0.209. The van der Waals surface area contributed by atoms with Gasteiger partial charge in [-0.05, 0) is 0 Å². The van der Waals surface area contributed by atoms with Crippen molar-refractivity contribution in [2.24, 2.45) is 0 Å². The monoisotopic (exact) mass is 457 g/mol. The number of rotatable bonds is 7. The van der Waals surface area contributed by atoms with Gasteiger partial charge in [0.25, 0.3) is 0 Å². The Hall–Kier alpha value is 0.970. The van der Waals surface area contributed by atoms with Crippen molar-refractivity contribution >= 4 is 24.2 Å². The maximum atomic E-state index is 11.4. The number of carboxylic acids is 1. The number of carbonyl (C=O) groups excluding carboxylic acids is 2. The molecule has 0 aliphatic carbocycles. The summed E-state index contributed by atoms with van der Waals surface area (Å²) in [4.78, 5) is 22.7. The number of amides is 1. The van der Waals surface area contributed by atoms with E-state index in [4.69, 9.17) is 14.2 Å². The second-order valence-electron chi connectivity index (χ2n) is 6.24. The molecular formula is C14H21NNa2O11S. The molecule has 0 aromatic heterocycles. The van der Waals surface area contributed by atoms with Crippen LogP contribution in [0.25, 0.3) is 0 Å². The third-order valence-corrected chi connectivity index (χ3v) is 4.44. The molecule has 0 spiro atoms. The van der Waals surface area contributed by atoms with Crippen LogP contribution in [0.3, 0.4) is 0 Å². The molecule has 8 atom stereocenters. The molecule has 15 heteroatoms. The van der Waals surface area contributed by atoms with Crippen molar-refractivity contribution in [1.29, 1.82) is 0 Å². The molecular weight excluding hydrogens is 436 g/mol. The molecule has 2 saturated heterocycles. The Morgan fingerprint density at radius 3 is 2.45 bits per heavy atom. The van der Waals surface area contributed by atoms with E-state index in [-0.39, 0.29) is 84.5 Å². The molecule has 2 aliphatic rings. The average molecular weight is 457 g/mol. The van der Waals surface area contributed by atoms with Crippen molar-refractivity contribution < 1.29 is 112 Å². The maximum absolute atomic E-state index is 11.4. The van der Waals surface area contributed by atoms with E-state index in [0.29, 0.717) is 0 Å². The molecule has 29 heavy (non-hydrogen) atoms. The number of carbonyl (C=O) groups is 2. The molecule has 0 saturated carbocycles. The first-order valence-corrected chi connectivity index (χ1v) is 8.77. The molecule has 1 amide bonds. The summed E-state index contributed by atoms with van der Waals surface area (Å²) >= 11 is -0.151. The molecule has 2 aliphatic heterocycles. The molecule has 8 unspecified atom stereocenters. The Kier molecular flexibility index (Phi) is 14.7. The molecule has 0 aromatic carbocycles. The molecule has 12 nitrogen and oxygen atoms in total. The van der Waals surface area contributed by atoms with Crippen molar-refractivity contribution in [3.8, 4) is 0 Å². The SMILES string of the molecule is CC(=O)NC1C(O)CC(COS[O-])OC1OC1C(C(=O)[O-])OCC(O)C1O.[Na+].[Na+]. The zero-order chi connectivity index (χ0) is 20.1. The van der Waals surface area contributed by atoms with E-state index in [9.17, 15) is 34.6 Å². The molecule has 2 heterocycles. The summed E-state index contributed by atoms with van der Waals surface area (Å²) in [6, 6.07) is -1.10. The van der Waals surface area contributed by atoms with Gasteiger partial charge in [-0.1, -0.05) is 0 Å². The number of nitrogens with one attached hydrogen (secondary N) is 1. The van der Waals surface area contributed by atoms with Gasteiger partial charge in [-0.15, -0.1) is 12.3 Å². The third kappa shape index (κ3) is 8.44. The van der Waals surface area contributed by atoms with Crippen LogP contribution in [-0.4, -0.2) is 93.9 Å². The van der Waals surface area contributed by atoms with Crippen molar-refractivity contribution in [3.05, 3.63) is 0 Å². The second-order valence-corrected chi connectivity index (χ2v) is 6.61. The fraction of sp³-hybridized carbons (Fsp3) is 0.857. The zero-order valence-corrected chi connectivity index (χ0v) is 21.1. The fourth-order valence-corrected chi connectivity index (χ4v) is 3.16.